The van der Waals surface area contributed by atoms with Gasteiger partial charge in [-0.25, -0.2) is 0 Å². The lowest BCUT2D eigenvalue weighted by molar-refractivity contribution is -0.140. The van der Waals surface area contributed by atoms with Crippen LogP contribution in [0.4, 0.5) is 0 Å². The van der Waals surface area contributed by atoms with Gasteiger partial charge in [-0.15, -0.1) is 0 Å². The van der Waals surface area contributed by atoms with Gasteiger partial charge in [-0.1, -0.05) is 5.57 Å². The van der Waals surface area contributed by atoms with Crippen LogP contribution in [0.1, 0.15) is 44.9 Å². The molecule has 0 atom stereocenters. The van der Waals surface area contributed by atoms with E-state index in [4.69, 9.17) is 9.47 Å². The first-order chi connectivity index (χ1) is 9.70. The number of esters is 1. The average Bonchev–Trinajstić information content (AvgIpc) is 2.97. The standard InChI is InChI=1S/C15H22O5/c1-18-14(17)7-6-12-11(3-2-4-13(12)16)5-8-15-19-9-10-20-15/h15H,2-10H2,1H3. The first-order valence-electron chi connectivity index (χ1n) is 7.25. The van der Waals surface area contributed by atoms with E-state index in [0.717, 1.165) is 31.3 Å². The van der Waals surface area contributed by atoms with Crippen molar-refractivity contribution in [1.29, 1.82) is 0 Å². The molecule has 0 spiro atoms. The van der Waals surface area contributed by atoms with Crippen LogP contribution in [0.25, 0.3) is 0 Å². The van der Waals surface area contributed by atoms with Gasteiger partial charge in [0.05, 0.1) is 20.3 Å². The highest BCUT2D eigenvalue weighted by atomic mass is 16.7. The van der Waals surface area contributed by atoms with E-state index in [9.17, 15) is 9.59 Å². The van der Waals surface area contributed by atoms with Crippen LogP contribution in [-0.2, 0) is 23.8 Å². The lowest BCUT2D eigenvalue weighted by Gasteiger charge is -2.20. The van der Waals surface area contributed by atoms with Crippen molar-refractivity contribution < 1.29 is 23.8 Å². The summed E-state index contributed by atoms with van der Waals surface area (Å²) in [4.78, 5) is 23.3. The lowest BCUT2D eigenvalue weighted by Crippen LogP contribution is -2.15. The van der Waals surface area contributed by atoms with Crippen molar-refractivity contribution in [3.8, 4) is 0 Å². The van der Waals surface area contributed by atoms with E-state index in [-0.39, 0.29) is 24.5 Å². The zero-order valence-electron chi connectivity index (χ0n) is 12.0. The molecule has 0 aromatic heterocycles. The maximum Gasteiger partial charge on any atom is 0.305 e. The van der Waals surface area contributed by atoms with E-state index < -0.39 is 0 Å². The second kappa shape index (κ2) is 7.55. The highest BCUT2D eigenvalue weighted by Gasteiger charge is 2.23. The van der Waals surface area contributed by atoms with Crippen LogP contribution in [0.2, 0.25) is 0 Å². The summed E-state index contributed by atoms with van der Waals surface area (Å²) in [5.41, 5.74) is 2.00. The summed E-state index contributed by atoms with van der Waals surface area (Å²) in [6.07, 6.45) is 4.66. The van der Waals surface area contributed by atoms with Crippen molar-refractivity contribution >= 4 is 11.8 Å². The quantitative estimate of drug-likeness (QED) is 0.698. The van der Waals surface area contributed by atoms with Gasteiger partial charge in [-0.2, -0.15) is 0 Å². The normalized spacial score (nSPS) is 20.6. The predicted molar refractivity (Wildman–Crippen MR) is 72.1 cm³/mol. The molecule has 5 nitrogen and oxygen atoms in total. The number of rotatable bonds is 6. The number of hydrogen-bond acceptors (Lipinski definition) is 5. The third kappa shape index (κ3) is 4.15. The number of hydrogen-bond donors (Lipinski definition) is 0. The molecule has 2 rings (SSSR count). The lowest BCUT2D eigenvalue weighted by atomic mass is 9.86. The Balaban J connectivity index is 1.94. The molecule has 1 aliphatic heterocycles. The second-order valence-electron chi connectivity index (χ2n) is 5.14. The van der Waals surface area contributed by atoms with E-state index in [2.05, 4.69) is 4.74 Å². The first kappa shape index (κ1) is 15.2. The van der Waals surface area contributed by atoms with Gasteiger partial charge in [0.2, 0.25) is 0 Å². The molecule has 1 fully saturated rings. The van der Waals surface area contributed by atoms with E-state index in [0.29, 0.717) is 26.1 Å². The maximum atomic E-state index is 12.0. The molecule has 20 heavy (non-hydrogen) atoms. The topological polar surface area (TPSA) is 61.8 Å². The molecule has 2 aliphatic rings. The molecule has 0 N–H and O–H groups in total. The summed E-state index contributed by atoms with van der Waals surface area (Å²) in [5, 5.41) is 0. The Morgan fingerprint density at radius 2 is 2.00 bits per heavy atom. The van der Waals surface area contributed by atoms with Gasteiger partial charge in [0.1, 0.15) is 0 Å². The molecule has 0 aromatic rings. The van der Waals surface area contributed by atoms with E-state index in [1.807, 2.05) is 0 Å². The van der Waals surface area contributed by atoms with Crippen molar-refractivity contribution in [2.24, 2.45) is 0 Å². The molecule has 5 heteroatoms. The molecular weight excluding hydrogens is 260 g/mol. The molecule has 112 valence electrons. The molecule has 1 aliphatic carbocycles. The van der Waals surface area contributed by atoms with Crippen LogP contribution in [0, 0.1) is 0 Å². The van der Waals surface area contributed by atoms with Crippen LogP contribution in [-0.4, -0.2) is 38.4 Å². The number of carbonyl (C=O) groups excluding carboxylic acids is 2. The Morgan fingerprint density at radius 1 is 1.25 bits per heavy atom. The van der Waals surface area contributed by atoms with Gasteiger partial charge in [-0.3, -0.25) is 9.59 Å². The molecule has 0 bridgehead atoms. The monoisotopic (exact) mass is 282 g/mol. The Kier molecular flexibility index (Phi) is 5.73. The summed E-state index contributed by atoms with van der Waals surface area (Å²) >= 11 is 0. The minimum absolute atomic E-state index is 0.138. The smallest absolute Gasteiger partial charge is 0.305 e. The first-order valence-corrected chi connectivity index (χ1v) is 7.25. The molecule has 1 heterocycles. The maximum absolute atomic E-state index is 12.0. The van der Waals surface area contributed by atoms with Gasteiger partial charge in [-0.05, 0) is 31.3 Å². The Labute approximate surface area is 119 Å². The van der Waals surface area contributed by atoms with E-state index in [1.165, 1.54) is 12.7 Å². The minimum Gasteiger partial charge on any atom is -0.469 e. The SMILES string of the molecule is COC(=O)CCC1=C(CCC2OCCO2)CCCC1=O. The number of Topliss-reactive ketones (excluding diaryl/α,β-unsaturated/α-hetero) is 1. The molecule has 0 aromatic carbocycles. The van der Waals surface area contributed by atoms with Crippen LogP contribution in [0.5, 0.6) is 0 Å². The summed E-state index contributed by atoms with van der Waals surface area (Å²) in [7, 11) is 1.37. The average molecular weight is 282 g/mol. The van der Waals surface area contributed by atoms with Gasteiger partial charge >= 0.3 is 5.97 Å². The van der Waals surface area contributed by atoms with Crippen LogP contribution < -0.4 is 0 Å². The number of ketones is 1. The van der Waals surface area contributed by atoms with Crippen LogP contribution >= 0.6 is 0 Å². The van der Waals surface area contributed by atoms with Crippen molar-refractivity contribution in [2.45, 2.75) is 51.2 Å². The van der Waals surface area contributed by atoms with Gasteiger partial charge in [0.25, 0.3) is 0 Å². The summed E-state index contributed by atoms with van der Waals surface area (Å²) in [5.74, 6) is -0.0823. The number of methoxy groups -OCH3 is 1. The molecule has 1 saturated heterocycles. The van der Waals surface area contributed by atoms with Gasteiger partial charge in [0, 0.05) is 19.3 Å². The Hall–Kier alpha value is -1.20. The highest BCUT2D eigenvalue weighted by molar-refractivity contribution is 5.97. The van der Waals surface area contributed by atoms with Crippen molar-refractivity contribution in [3.63, 3.8) is 0 Å². The number of carbonyl (C=O) groups is 2. The summed E-state index contributed by atoms with van der Waals surface area (Å²) in [6.45, 7) is 1.30. The van der Waals surface area contributed by atoms with Gasteiger partial charge in [0.15, 0.2) is 12.1 Å². The van der Waals surface area contributed by atoms with Crippen molar-refractivity contribution in [1.82, 2.24) is 0 Å². The highest BCUT2D eigenvalue weighted by Crippen LogP contribution is 2.29. The Bertz CT molecular complexity index is 393. The summed E-state index contributed by atoms with van der Waals surface area (Å²) < 4.78 is 15.5. The van der Waals surface area contributed by atoms with Gasteiger partial charge < -0.3 is 14.2 Å². The second-order valence-corrected chi connectivity index (χ2v) is 5.14. The molecule has 0 radical (unpaired) electrons. The van der Waals surface area contributed by atoms with E-state index in [1.54, 1.807) is 0 Å². The molecular formula is C15H22O5. The number of ether oxygens (including phenoxy) is 3. The minimum atomic E-state index is -0.266. The molecule has 0 saturated carbocycles. The fourth-order valence-corrected chi connectivity index (χ4v) is 2.75. The predicted octanol–water partition coefficient (Wildman–Crippen LogP) is 2.14. The van der Waals surface area contributed by atoms with Crippen LogP contribution in [0.3, 0.4) is 0 Å². The van der Waals surface area contributed by atoms with Crippen molar-refractivity contribution in [3.05, 3.63) is 11.1 Å². The number of allylic oxidation sites excluding steroid dienone is 2. The van der Waals surface area contributed by atoms with Crippen molar-refractivity contribution in [2.75, 3.05) is 20.3 Å². The fourth-order valence-electron chi connectivity index (χ4n) is 2.75. The zero-order chi connectivity index (χ0) is 14.4. The third-order valence-corrected chi connectivity index (χ3v) is 3.83. The molecule has 0 unspecified atom stereocenters. The van der Waals surface area contributed by atoms with Crippen LogP contribution in [0.15, 0.2) is 11.1 Å². The van der Waals surface area contributed by atoms with E-state index >= 15 is 0 Å². The zero-order valence-corrected chi connectivity index (χ0v) is 12.0. The molecule has 0 amide bonds. The summed E-state index contributed by atoms with van der Waals surface area (Å²) in [6, 6.07) is 0. The third-order valence-electron chi connectivity index (χ3n) is 3.83. The fraction of sp³-hybridized carbons (Fsp3) is 0.733. The Morgan fingerprint density at radius 3 is 2.70 bits per heavy atom. The largest absolute Gasteiger partial charge is 0.469 e.